The molecule has 0 atom stereocenters. The van der Waals surface area contributed by atoms with Crippen LogP contribution in [0, 0.1) is 20.2 Å². The molecule has 5 amide bonds. The monoisotopic (exact) mass is 722 g/mol. The van der Waals surface area contributed by atoms with Gasteiger partial charge in [0.25, 0.3) is 40.9 Å². The summed E-state index contributed by atoms with van der Waals surface area (Å²) in [6.45, 7) is 0.997. The first kappa shape index (κ1) is 35.3. The molecule has 2 heterocycles. The third-order valence-electron chi connectivity index (χ3n) is 8.85. The van der Waals surface area contributed by atoms with Crippen LogP contribution in [0.15, 0.2) is 84.9 Å². The summed E-state index contributed by atoms with van der Waals surface area (Å²) < 4.78 is 0. The molecule has 0 spiro atoms. The summed E-state index contributed by atoms with van der Waals surface area (Å²) in [5, 5.41) is 30.4. The Morgan fingerprint density at radius 2 is 1.17 bits per heavy atom. The zero-order valence-electron chi connectivity index (χ0n) is 27.0. The Hall–Kier alpha value is -6.58. The molecule has 0 saturated heterocycles. The van der Waals surface area contributed by atoms with Crippen molar-refractivity contribution in [3.63, 3.8) is 0 Å². The van der Waals surface area contributed by atoms with E-state index in [-0.39, 0.29) is 64.8 Å². The molecule has 15 nitrogen and oxygen atoms in total. The number of amides is 5. The number of nitrogens with one attached hydrogen (secondary N) is 2. The summed E-state index contributed by atoms with van der Waals surface area (Å²) in [4.78, 5) is 90.1. The van der Waals surface area contributed by atoms with Crippen molar-refractivity contribution in [2.45, 2.75) is 6.42 Å². The number of carbonyl (C=O) groups is 5. The van der Waals surface area contributed by atoms with Crippen molar-refractivity contribution in [1.82, 2.24) is 15.5 Å². The van der Waals surface area contributed by atoms with Crippen LogP contribution in [0.5, 0.6) is 0 Å². The zero-order chi connectivity index (χ0) is 36.0. The second-order valence-electron chi connectivity index (χ2n) is 11.9. The molecule has 7 rings (SSSR count). The number of nitro benzene ring substituents is 2. The third-order valence-corrected chi connectivity index (χ3v) is 8.85. The Labute approximate surface area is 299 Å². The lowest BCUT2D eigenvalue weighted by Crippen LogP contribution is -2.42. The van der Waals surface area contributed by atoms with E-state index in [9.17, 15) is 44.2 Å². The number of imide groups is 2. The predicted octanol–water partition coefficient (Wildman–Crippen LogP) is 5.04. The molecule has 0 fully saturated rings. The van der Waals surface area contributed by atoms with Gasteiger partial charge in [-0.3, -0.25) is 49.1 Å². The van der Waals surface area contributed by atoms with Crippen LogP contribution in [0.4, 0.5) is 17.1 Å². The Morgan fingerprint density at radius 1 is 0.635 bits per heavy atom. The summed E-state index contributed by atoms with van der Waals surface area (Å²) >= 11 is 0. The van der Waals surface area contributed by atoms with Crippen LogP contribution in [-0.4, -0.2) is 70.5 Å². The maximum absolute atomic E-state index is 13.5. The number of anilines is 1. The minimum absolute atomic E-state index is 0. The molecule has 0 bridgehead atoms. The fourth-order valence-electron chi connectivity index (χ4n) is 6.52. The van der Waals surface area contributed by atoms with Crippen LogP contribution in [0.25, 0.3) is 21.5 Å². The number of nitro groups is 2. The maximum atomic E-state index is 13.5. The van der Waals surface area contributed by atoms with Crippen LogP contribution >= 0.6 is 12.4 Å². The van der Waals surface area contributed by atoms with Crippen molar-refractivity contribution in [2.75, 3.05) is 31.1 Å². The highest BCUT2D eigenvalue weighted by molar-refractivity contribution is 6.36. The number of rotatable bonds is 11. The van der Waals surface area contributed by atoms with Crippen molar-refractivity contribution in [1.29, 1.82) is 0 Å². The summed E-state index contributed by atoms with van der Waals surface area (Å²) in [6.07, 6.45) is 0.381. The van der Waals surface area contributed by atoms with Gasteiger partial charge in [-0.05, 0) is 54.1 Å². The number of non-ortho nitro benzene ring substituents is 2. The van der Waals surface area contributed by atoms with Gasteiger partial charge in [-0.15, -0.1) is 12.4 Å². The van der Waals surface area contributed by atoms with Gasteiger partial charge in [-0.2, -0.15) is 0 Å². The van der Waals surface area contributed by atoms with Gasteiger partial charge in [-0.1, -0.05) is 30.3 Å². The van der Waals surface area contributed by atoms with Crippen molar-refractivity contribution < 1.29 is 33.8 Å². The first-order valence-electron chi connectivity index (χ1n) is 15.8. The number of nitrogens with zero attached hydrogens (tertiary/aromatic N) is 4. The minimum Gasteiger partial charge on any atom is -0.351 e. The summed E-state index contributed by atoms with van der Waals surface area (Å²) in [6, 6.07) is 20.5. The molecule has 0 aromatic heterocycles. The first-order valence-corrected chi connectivity index (χ1v) is 15.8. The molecule has 16 heteroatoms. The van der Waals surface area contributed by atoms with E-state index in [1.807, 2.05) is 0 Å². The SMILES string of the molecule is Cl.O=C(NCCNCCCN1C(=O)c2cccc3cc([N+](=O)[O-])cc(c23)C1=O)c1cccc(N2C(=O)c3cccc4cc([N+](=O)[O-])cc(c34)C2=O)c1. The Morgan fingerprint density at radius 3 is 1.79 bits per heavy atom. The Balaban J connectivity index is 0.00000464. The molecule has 262 valence electrons. The Kier molecular flexibility index (Phi) is 9.47. The van der Waals surface area contributed by atoms with E-state index in [1.54, 1.807) is 36.4 Å². The number of halogens is 1. The average Bonchev–Trinajstić information content (AvgIpc) is 3.13. The normalized spacial score (nSPS) is 13.4. The zero-order valence-corrected chi connectivity index (χ0v) is 27.8. The van der Waals surface area contributed by atoms with Crippen LogP contribution < -0.4 is 15.5 Å². The van der Waals surface area contributed by atoms with Gasteiger partial charge in [0.15, 0.2) is 0 Å². The summed E-state index contributed by atoms with van der Waals surface area (Å²) in [7, 11) is 0. The quantitative estimate of drug-likeness (QED) is 0.0805. The average molecular weight is 723 g/mol. The maximum Gasteiger partial charge on any atom is 0.270 e. The van der Waals surface area contributed by atoms with Crippen molar-refractivity contribution in [2.24, 2.45) is 0 Å². The van der Waals surface area contributed by atoms with Gasteiger partial charge in [-0.25, -0.2) is 4.90 Å². The van der Waals surface area contributed by atoms with Crippen LogP contribution in [0.2, 0.25) is 0 Å². The Bertz CT molecular complexity index is 2400. The second-order valence-corrected chi connectivity index (χ2v) is 11.9. The molecule has 0 unspecified atom stereocenters. The largest absolute Gasteiger partial charge is 0.351 e. The van der Waals surface area contributed by atoms with E-state index in [0.717, 1.165) is 15.9 Å². The van der Waals surface area contributed by atoms with Crippen LogP contribution in [-0.2, 0) is 0 Å². The lowest BCUT2D eigenvalue weighted by molar-refractivity contribution is -0.384. The molecule has 0 aliphatic carbocycles. The van der Waals surface area contributed by atoms with E-state index >= 15 is 0 Å². The third kappa shape index (κ3) is 6.07. The molecule has 2 aliphatic rings. The second kappa shape index (κ2) is 14.0. The fraction of sp³-hybridized carbons (Fsp3) is 0.139. The standard InChI is InChI=1S/C36H26N6O9.ClH/c43-32(22-7-1-8-23(17-22)40-35(46)27-10-3-6-21-16-25(42(50)51)19-29(31(21)27)36(40)47)38-13-12-37-11-4-14-39-33(44)26-9-2-5-20-15-24(41(48)49)18-28(30(20)26)34(39)45;/h1-3,5-10,15-19,37H,4,11-14H2,(H,38,43);1H. The van der Waals surface area contributed by atoms with E-state index in [4.69, 9.17) is 0 Å². The molecular weight excluding hydrogens is 696 g/mol. The molecular formula is C36H27ClN6O9. The molecule has 0 radical (unpaired) electrons. The molecule has 52 heavy (non-hydrogen) atoms. The number of carbonyl (C=O) groups excluding carboxylic acids is 5. The smallest absolute Gasteiger partial charge is 0.270 e. The van der Waals surface area contributed by atoms with E-state index in [0.29, 0.717) is 46.6 Å². The molecule has 5 aromatic rings. The van der Waals surface area contributed by atoms with Gasteiger partial charge in [0, 0.05) is 71.4 Å². The van der Waals surface area contributed by atoms with Gasteiger partial charge in [0.1, 0.15) is 0 Å². The molecule has 5 aromatic carbocycles. The molecule has 2 aliphatic heterocycles. The number of benzene rings is 5. The topological polar surface area (TPSA) is 202 Å². The van der Waals surface area contributed by atoms with Gasteiger partial charge < -0.3 is 10.6 Å². The van der Waals surface area contributed by atoms with Crippen molar-refractivity contribution >= 4 is 80.5 Å². The number of hydrogen-bond donors (Lipinski definition) is 2. The minimum atomic E-state index is -0.746. The van der Waals surface area contributed by atoms with Gasteiger partial charge in [0.2, 0.25) is 0 Å². The van der Waals surface area contributed by atoms with Crippen LogP contribution in [0.3, 0.4) is 0 Å². The molecule has 0 saturated carbocycles. The lowest BCUT2D eigenvalue weighted by atomic mass is 9.93. The van der Waals surface area contributed by atoms with E-state index in [2.05, 4.69) is 10.6 Å². The van der Waals surface area contributed by atoms with Gasteiger partial charge in [0.05, 0.1) is 26.7 Å². The first-order chi connectivity index (χ1) is 24.5. The van der Waals surface area contributed by atoms with E-state index < -0.39 is 39.4 Å². The fourth-order valence-corrected chi connectivity index (χ4v) is 6.52. The van der Waals surface area contributed by atoms with Crippen molar-refractivity contribution in [3.05, 3.63) is 133 Å². The summed E-state index contributed by atoms with van der Waals surface area (Å²) in [5.41, 5.74) is 0.399. The lowest BCUT2D eigenvalue weighted by Gasteiger charge is -2.27. The van der Waals surface area contributed by atoms with Crippen LogP contribution in [0.1, 0.15) is 58.2 Å². The van der Waals surface area contributed by atoms with Gasteiger partial charge >= 0.3 is 0 Å². The summed E-state index contributed by atoms with van der Waals surface area (Å²) in [5.74, 6) is -2.91. The highest BCUT2D eigenvalue weighted by atomic mass is 35.5. The number of hydrogen-bond acceptors (Lipinski definition) is 10. The van der Waals surface area contributed by atoms with Crippen molar-refractivity contribution in [3.8, 4) is 0 Å². The predicted molar refractivity (Wildman–Crippen MR) is 191 cm³/mol. The highest BCUT2D eigenvalue weighted by Gasteiger charge is 2.36. The van der Waals surface area contributed by atoms with E-state index in [1.165, 1.54) is 42.5 Å². The molecule has 2 N–H and O–H groups in total. The highest BCUT2D eigenvalue weighted by Crippen LogP contribution is 2.36.